The number of benzene rings is 2. The number of nitrogens with zero attached hydrogens (tertiary/aromatic N) is 2. The molecule has 2 aromatic carbocycles. The van der Waals surface area contributed by atoms with Crippen LogP contribution in [0, 0.1) is 20.2 Å². The van der Waals surface area contributed by atoms with Crippen LogP contribution in [0.3, 0.4) is 0 Å². The second-order valence-electron chi connectivity index (χ2n) is 6.47. The summed E-state index contributed by atoms with van der Waals surface area (Å²) in [6.07, 6.45) is 0.705. The molecular formula is C19H26ClN5O7. The van der Waals surface area contributed by atoms with E-state index in [0.717, 1.165) is 0 Å². The van der Waals surface area contributed by atoms with Gasteiger partial charge in [-0.3, -0.25) is 20.2 Å². The van der Waals surface area contributed by atoms with E-state index in [1.807, 2.05) is 0 Å². The molecule has 0 aliphatic carbocycles. The predicted molar refractivity (Wildman–Crippen MR) is 121 cm³/mol. The number of hydrogen-bond donors (Lipinski definition) is 5. The summed E-state index contributed by atoms with van der Waals surface area (Å²) in [5.41, 5.74) is 17.9. The van der Waals surface area contributed by atoms with Crippen LogP contribution in [0.1, 0.15) is 16.7 Å². The molecule has 0 aliphatic rings. The molecule has 0 saturated carbocycles. The van der Waals surface area contributed by atoms with E-state index in [1.54, 1.807) is 6.07 Å². The molecule has 0 aliphatic heterocycles. The summed E-state index contributed by atoms with van der Waals surface area (Å²) in [4.78, 5) is 20.5. The molecule has 0 spiro atoms. The highest BCUT2D eigenvalue weighted by atomic mass is 35.5. The Labute approximate surface area is 188 Å². The molecule has 13 heteroatoms. The van der Waals surface area contributed by atoms with Crippen molar-refractivity contribution in [1.82, 2.24) is 0 Å². The van der Waals surface area contributed by atoms with Gasteiger partial charge in [-0.25, -0.2) is 0 Å². The lowest BCUT2D eigenvalue weighted by atomic mass is 10.0. The zero-order valence-electron chi connectivity index (χ0n) is 17.4. The summed E-state index contributed by atoms with van der Waals surface area (Å²) in [6, 6.07) is 4.22. The highest BCUT2D eigenvalue weighted by molar-refractivity contribution is 6.32. The Kier molecular flexibility index (Phi) is 10.6. The smallest absolute Gasteiger partial charge is 0.295 e. The summed E-state index contributed by atoms with van der Waals surface area (Å²) >= 11 is 5.87. The van der Waals surface area contributed by atoms with Crippen molar-refractivity contribution in [3.8, 4) is 5.75 Å². The third kappa shape index (κ3) is 6.65. The van der Waals surface area contributed by atoms with Crippen LogP contribution < -0.4 is 21.9 Å². The van der Waals surface area contributed by atoms with Gasteiger partial charge in [-0.1, -0.05) is 11.6 Å². The number of aliphatic hydroxyl groups is 2. The molecule has 2 rings (SSSR count). The van der Waals surface area contributed by atoms with Crippen molar-refractivity contribution in [1.29, 1.82) is 0 Å². The van der Waals surface area contributed by atoms with E-state index in [4.69, 9.17) is 43.8 Å². The number of methoxy groups -OCH3 is 1. The maximum atomic E-state index is 10.8. The maximum absolute atomic E-state index is 10.8. The van der Waals surface area contributed by atoms with Crippen LogP contribution in [0.4, 0.5) is 22.7 Å². The van der Waals surface area contributed by atoms with Gasteiger partial charge in [-0.05, 0) is 31.0 Å². The minimum absolute atomic E-state index is 0.0811. The lowest BCUT2D eigenvalue weighted by Gasteiger charge is -2.12. The van der Waals surface area contributed by atoms with Gasteiger partial charge in [-0.2, -0.15) is 0 Å². The van der Waals surface area contributed by atoms with E-state index in [1.165, 1.54) is 19.2 Å². The zero-order chi connectivity index (χ0) is 24.4. The van der Waals surface area contributed by atoms with Crippen molar-refractivity contribution < 1.29 is 24.8 Å². The summed E-state index contributed by atoms with van der Waals surface area (Å²) in [7, 11) is 1.48. The third-order valence-corrected chi connectivity index (χ3v) is 4.79. The lowest BCUT2D eigenvalue weighted by molar-refractivity contribution is -0.385. The predicted octanol–water partition coefficient (Wildman–Crippen LogP) is 1.59. The van der Waals surface area contributed by atoms with Crippen LogP contribution >= 0.6 is 11.6 Å². The summed E-state index contributed by atoms with van der Waals surface area (Å²) in [6.45, 7) is -0.0705. The van der Waals surface area contributed by atoms with Crippen LogP contribution in [0.25, 0.3) is 0 Å². The monoisotopic (exact) mass is 471 g/mol. The first-order valence-electron chi connectivity index (χ1n) is 9.39. The number of nitro benzene ring substituents is 2. The Bertz CT molecular complexity index is 972. The summed E-state index contributed by atoms with van der Waals surface area (Å²) in [5.74, 6) is 0.501. The number of aliphatic hydroxyl groups excluding tert-OH is 2. The van der Waals surface area contributed by atoms with Gasteiger partial charge in [0.25, 0.3) is 11.4 Å². The first-order valence-corrected chi connectivity index (χ1v) is 9.77. The van der Waals surface area contributed by atoms with Crippen molar-refractivity contribution in [2.45, 2.75) is 19.3 Å². The molecule has 176 valence electrons. The molecular weight excluding hydrogens is 446 g/mol. The number of nitrogen functional groups attached to an aromatic ring is 2. The Morgan fingerprint density at radius 3 is 2.06 bits per heavy atom. The minimum atomic E-state index is -0.587. The van der Waals surface area contributed by atoms with Crippen LogP contribution in [0.15, 0.2) is 18.2 Å². The van der Waals surface area contributed by atoms with Crippen molar-refractivity contribution in [2.24, 2.45) is 5.73 Å². The minimum Gasteiger partial charge on any atom is -0.497 e. The largest absolute Gasteiger partial charge is 0.497 e. The number of hydrogen-bond acceptors (Lipinski definition) is 10. The number of nitro groups is 2. The maximum Gasteiger partial charge on any atom is 0.295 e. The summed E-state index contributed by atoms with van der Waals surface area (Å²) < 4.78 is 4.97. The van der Waals surface area contributed by atoms with E-state index >= 15 is 0 Å². The fourth-order valence-corrected chi connectivity index (χ4v) is 3.32. The number of rotatable bonds is 9. The van der Waals surface area contributed by atoms with Crippen molar-refractivity contribution in [2.75, 3.05) is 38.3 Å². The van der Waals surface area contributed by atoms with Crippen molar-refractivity contribution >= 4 is 34.4 Å². The quantitative estimate of drug-likeness (QED) is 0.202. The van der Waals surface area contributed by atoms with Crippen LogP contribution in [0.2, 0.25) is 5.02 Å². The average Bonchev–Trinajstić information content (AvgIpc) is 2.72. The fourth-order valence-electron chi connectivity index (χ4n) is 3.02. The number of nitrogens with two attached hydrogens (primary N) is 3. The van der Waals surface area contributed by atoms with Gasteiger partial charge in [0.2, 0.25) is 0 Å². The van der Waals surface area contributed by atoms with E-state index in [9.17, 15) is 20.2 Å². The van der Waals surface area contributed by atoms with Crippen LogP contribution in [0.5, 0.6) is 5.75 Å². The van der Waals surface area contributed by atoms with Crippen LogP contribution in [-0.2, 0) is 19.3 Å². The molecule has 0 atom stereocenters. The van der Waals surface area contributed by atoms with Crippen molar-refractivity contribution in [3.63, 3.8) is 0 Å². The molecule has 0 radical (unpaired) electrons. The second-order valence-corrected chi connectivity index (χ2v) is 6.88. The molecule has 0 aromatic heterocycles. The van der Waals surface area contributed by atoms with Gasteiger partial charge in [0.05, 0.1) is 27.5 Å². The molecule has 0 unspecified atom stereocenters. The molecule has 32 heavy (non-hydrogen) atoms. The average molecular weight is 472 g/mol. The highest BCUT2D eigenvalue weighted by Gasteiger charge is 2.22. The van der Waals surface area contributed by atoms with Gasteiger partial charge in [0.1, 0.15) is 11.4 Å². The zero-order valence-corrected chi connectivity index (χ0v) is 18.2. The van der Waals surface area contributed by atoms with Gasteiger partial charge >= 0.3 is 0 Å². The molecule has 0 fully saturated rings. The Morgan fingerprint density at radius 2 is 1.59 bits per heavy atom. The highest BCUT2D eigenvalue weighted by Crippen LogP contribution is 2.34. The molecule has 0 amide bonds. The Hall–Kier alpha value is -3.19. The normalized spacial score (nSPS) is 10.3. The van der Waals surface area contributed by atoms with Crippen LogP contribution in [-0.4, -0.2) is 46.9 Å². The lowest BCUT2D eigenvalue weighted by Crippen LogP contribution is -2.08. The van der Waals surface area contributed by atoms with Gasteiger partial charge in [0.15, 0.2) is 0 Å². The van der Waals surface area contributed by atoms with Gasteiger partial charge < -0.3 is 32.2 Å². The standard InChI is InChI=1S/C10H13ClN2O4.C9H13N3O3/c11-8-5-9(13(16)17)7(2-4-15)10(12)6(8)1-3-14;1-15-7-4-6(2-3-10)9(12(13)14)8(11)5-7/h5,14-15H,1-4,12H2;4-5H,2-3,10-11H2,1H3. The molecule has 2 aromatic rings. The number of ether oxygens (including phenoxy) is 1. The number of anilines is 2. The second kappa shape index (κ2) is 12.6. The van der Waals surface area contributed by atoms with Gasteiger partial charge in [0, 0.05) is 43.0 Å². The first kappa shape index (κ1) is 26.8. The molecule has 12 nitrogen and oxygen atoms in total. The molecule has 8 N–H and O–H groups in total. The number of halogens is 1. The first-order chi connectivity index (χ1) is 15.1. The van der Waals surface area contributed by atoms with E-state index < -0.39 is 9.85 Å². The SMILES string of the molecule is COc1cc(N)c([N+](=O)[O-])c(CCN)c1.Nc1c(CCO)c(Cl)cc([N+](=O)[O-])c1CCO. The fraction of sp³-hybridized carbons (Fsp3) is 0.368. The van der Waals surface area contributed by atoms with E-state index in [0.29, 0.717) is 29.8 Å². The van der Waals surface area contributed by atoms with Gasteiger partial charge in [-0.15, -0.1) is 0 Å². The Balaban J connectivity index is 0.000000323. The summed E-state index contributed by atoms with van der Waals surface area (Å²) in [5, 5.41) is 39.5. The topological polar surface area (TPSA) is 214 Å². The molecule has 0 heterocycles. The Morgan fingerprint density at radius 1 is 1.00 bits per heavy atom. The molecule has 0 saturated heterocycles. The third-order valence-electron chi connectivity index (χ3n) is 4.46. The van der Waals surface area contributed by atoms with E-state index in [-0.39, 0.29) is 59.4 Å². The molecule has 0 bridgehead atoms. The van der Waals surface area contributed by atoms with E-state index in [2.05, 4.69) is 0 Å². The van der Waals surface area contributed by atoms with Crippen molar-refractivity contribution in [3.05, 3.63) is 60.1 Å².